The number of benzene rings is 1. The zero-order chi connectivity index (χ0) is 12.7. The Morgan fingerprint density at radius 2 is 1.95 bits per heavy atom. The minimum Gasteiger partial charge on any atom is -0.454 e. The van der Waals surface area contributed by atoms with Crippen LogP contribution in [0.1, 0.15) is 10.6 Å². The molecule has 0 unspecified atom stereocenters. The number of H-pyrrole nitrogens is 1. The Balaban J connectivity index is 1.80. The Morgan fingerprint density at radius 1 is 1.00 bits per heavy atom. The van der Waals surface area contributed by atoms with E-state index in [4.69, 9.17) is 4.42 Å². The maximum absolute atomic E-state index is 5.91. The molecule has 0 spiro atoms. The van der Waals surface area contributed by atoms with Crippen molar-refractivity contribution in [3.8, 4) is 0 Å². The number of nitrogens with one attached hydrogen (secondary N) is 1. The van der Waals surface area contributed by atoms with Crippen LogP contribution in [0.4, 0.5) is 0 Å². The molecule has 3 heterocycles. The van der Waals surface area contributed by atoms with Crippen molar-refractivity contribution < 1.29 is 4.42 Å². The third kappa shape index (κ3) is 1.79. The first-order chi connectivity index (χ1) is 9.40. The van der Waals surface area contributed by atoms with Crippen molar-refractivity contribution in [1.82, 2.24) is 4.98 Å². The van der Waals surface area contributed by atoms with E-state index < -0.39 is 0 Å². The highest BCUT2D eigenvalue weighted by atomic mass is 32.1. The molecule has 0 atom stereocenters. The van der Waals surface area contributed by atoms with Gasteiger partial charge in [0.2, 0.25) is 0 Å². The molecule has 19 heavy (non-hydrogen) atoms. The van der Waals surface area contributed by atoms with E-state index in [9.17, 15) is 0 Å². The van der Waals surface area contributed by atoms with Crippen LogP contribution >= 0.6 is 11.3 Å². The van der Waals surface area contributed by atoms with Crippen molar-refractivity contribution in [1.29, 1.82) is 0 Å². The molecule has 0 saturated heterocycles. The summed E-state index contributed by atoms with van der Waals surface area (Å²) in [5.74, 6) is 0.875. The molecule has 4 rings (SSSR count). The molecule has 2 nitrogen and oxygen atoms in total. The molecule has 0 fully saturated rings. The predicted molar refractivity (Wildman–Crippen MR) is 81.3 cm³/mol. The molecular weight excluding hydrogens is 254 g/mol. The predicted octanol–water partition coefficient (Wildman–Crippen LogP) is 5.15. The fourth-order valence-corrected chi connectivity index (χ4v) is 2.89. The number of fused-ring (bicyclic) bond motifs is 3. The third-order valence-electron chi connectivity index (χ3n) is 3.15. The van der Waals surface area contributed by atoms with Gasteiger partial charge in [-0.2, -0.15) is 0 Å². The minimum atomic E-state index is 0.875. The Labute approximate surface area is 114 Å². The topological polar surface area (TPSA) is 28.9 Å². The van der Waals surface area contributed by atoms with Crippen molar-refractivity contribution in [3.63, 3.8) is 0 Å². The summed E-state index contributed by atoms with van der Waals surface area (Å²) in [6, 6.07) is 14.4. The summed E-state index contributed by atoms with van der Waals surface area (Å²) >= 11 is 1.72. The average molecular weight is 265 g/mol. The number of thiophene rings is 1. The third-order valence-corrected chi connectivity index (χ3v) is 3.98. The highest BCUT2D eigenvalue weighted by molar-refractivity contribution is 7.10. The lowest BCUT2D eigenvalue weighted by Crippen LogP contribution is -1.66. The largest absolute Gasteiger partial charge is 0.454 e. The van der Waals surface area contributed by atoms with Crippen molar-refractivity contribution >= 4 is 45.5 Å². The maximum Gasteiger partial charge on any atom is 0.160 e. The molecule has 0 saturated carbocycles. The summed E-state index contributed by atoms with van der Waals surface area (Å²) in [7, 11) is 0. The van der Waals surface area contributed by atoms with Crippen molar-refractivity contribution in [2.45, 2.75) is 0 Å². The Hall–Kier alpha value is -2.26. The van der Waals surface area contributed by atoms with Crippen LogP contribution in [0.2, 0.25) is 0 Å². The van der Waals surface area contributed by atoms with Gasteiger partial charge in [0.05, 0.1) is 5.52 Å². The van der Waals surface area contributed by atoms with Crippen LogP contribution in [-0.4, -0.2) is 4.98 Å². The van der Waals surface area contributed by atoms with E-state index in [1.165, 1.54) is 4.88 Å². The lowest BCUT2D eigenvalue weighted by Gasteiger charge is -1.88. The molecule has 4 aromatic rings. The van der Waals surface area contributed by atoms with Crippen LogP contribution in [0.15, 0.2) is 52.3 Å². The quantitative estimate of drug-likeness (QED) is 0.533. The molecular formula is C16H11NOS. The lowest BCUT2D eigenvalue weighted by molar-refractivity contribution is 0.608. The van der Waals surface area contributed by atoms with Crippen molar-refractivity contribution in [3.05, 3.63) is 58.5 Å². The number of aromatic nitrogens is 1. The number of furan rings is 1. The van der Waals surface area contributed by atoms with Crippen LogP contribution in [0.5, 0.6) is 0 Å². The van der Waals surface area contributed by atoms with Gasteiger partial charge in [0.25, 0.3) is 0 Å². The maximum atomic E-state index is 5.91. The molecule has 0 amide bonds. The summed E-state index contributed by atoms with van der Waals surface area (Å²) in [4.78, 5) is 4.59. The lowest BCUT2D eigenvalue weighted by atomic mass is 10.2. The van der Waals surface area contributed by atoms with Crippen LogP contribution in [0.25, 0.3) is 34.2 Å². The number of hydrogen-bond donors (Lipinski definition) is 1. The second kappa shape index (κ2) is 4.14. The van der Waals surface area contributed by atoms with Gasteiger partial charge in [-0.25, -0.2) is 0 Å². The fourth-order valence-electron chi connectivity index (χ4n) is 2.27. The normalized spacial score (nSPS) is 12.0. The second-order valence-corrected chi connectivity index (χ2v) is 5.39. The van der Waals surface area contributed by atoms with Crippen LogP contribution in [0, 0.1) is 0 Å². The minimum absolute atomic E-state index is 0.875. The summed E-state index contributed by atoms with van der Waals surface area (Å²) in [6.45, 7) is 0. The molecule has 0 bridgehead atoms. The van der Waals surface area contributed by atoms with E-state index in [0.717, 1.165) is 27.8 Å². The van der Waals surface area contributed by atoms with Crippen molar-refractivity contribution in [2.75, 3.05) is 0 Å². The first kappa shape index (κ1) is 10.6. The number of para-hydroxylation sites is 1. The van der Waals surface area contributed by atoms with Gasteiger partial charge < -0.3 is 9.40 Å². The second-order valence-electron chi connectivity index (χ2n) is 4.41. The summed E-state index contributed by atoms with van der Waals surface area (Å²) < 4.78 is 5.91. The molecule has 3 aromatic heterocycles. The van der Waals surface area contributed by atoms with E-state index in [2.05, 4.69) is 34.6 Å². The van der Waals surface area contributed by atoms with E-state index >= 15 is 0 Å². The summed E-state index contributed by atoms with van der Waals surface area (Å²) in [5, 5.41) is 3.20. The summed E-state index contributed by atoms with van der Waals surface area (Å²) in [6.07, 6.45) is 4.08. The molecule has 3 heteroatoms. The monoisotopic (exact) mass is 265 g/mol. The standard InChI is InChI=1S/C16H11NOS/c1-2-6-14-13(5-1)16-15(17-14)10-11(18-16)7-8-12-4-3-9-19-12/h1-10,17H/b8-7+. The molecule has 0 radical (unpaired) electrons. The smallest absolute Gasteiger partial charge is 0.160 e. The van der Waals surface area contributed by atoms with Gasteiger partial charge in [0.15, 0.2) is 5.58 Å². The first-order valence-corrected chi connectivity index (χ1v) is 7.00. The fraction of sp³-hybridized carbons (Fsp3) is 0. The molecule has 0 aliphatic heterocycles. The number of rotatable bonds is 2. The van der Waals surface area contributed by atoms with E-state index in [0.29, 0.717) is 0 Å². The Kier molecular flexibility index (Phi) is 2.32. The molecule has 1 aromatic carbocycles. The van der Waals surface area contributed by atoms with E-state index in [-0.39, 0.29) is 0 Å². The molecule has 1 N–H and O–H groups in total. The average Bonchev–Trinajstić information content (AvgIpc) is 3.12. The van der Waals surface area contributed by atoms with Crippen LogP contribution in [-0.2, 0) is 0 Å². The van der Waals surface area contributed by atoms with E-state index in [1.54, 1.807) is 11.3 Å². The highest BCUT2D eigenvalue weighted by Gasteiger charge is 2.08. The van der Waals surface area contributed by atoms with Gasteiger partial charge in [-0.15, -0.1) is 11.3 Å². The van der Waals surface area contributed by atoms with Crippen LogP contribution < -0.4 is 0 Å². The van der Waals surface area contributed by atoms with Gasteiger partial charge in [-0.3, -0.25) is 0 Å². The number of aromatic amines is 1. The van der Waals surface area contributed by atoms with Gasteiger partial charge in [-0.05, 0) is 35.7 Å². The molecule has 0 aliphatic carbocycles. The van der Waals surface area contributed by atoms with Crippen LogP contribution in [0.3, 0.4) is 0 Å². The Morgan fingerprint density at radius 3 is 2.84 bits per heavy atom. The van der Waals surface area contributed by atoms with Gasteiger partial charge in [-0.1, -0.05) is 18.2 Å². The van der Waals surface area contributed by atoms with Gasteiger partial charge >= 0.3 is 0 Å². The summed E-state index contributed by atoms with van der Waals surface area (Å²) in [5.41, 5.74) is 3.10. The van der Waals surface area contributed by atoms with E-state index in [1.807, 2.05) is 30.3 Å². The first-order valence-electron chi connectivity index (χ1n) is 6.12. The highest BCUT2D eigenvalue weighted by Crippen LogP contribution is 2.28. The van der Waals surface area contributed by atoms with Gasteiger partial charge in [0, 0.05) is 21.8 Å². The molecule has 92 valence electrons. The van der Waals surface area contributed by atoms with Crippen molar-refractivity contribution in [2.24, 2.45) is 0 Å². The molecule has 0 aliphatic rings. The van der Waals surface area contributed by atoms with Gasteiger partial charge in [0.1, 0.15) is 5.76 Å². The SMILES string of the molecule is C(=C\c1cccs1)/c1cc2[nH]c3ccccc3c2o1. The number of hydrogen-bond acceptors (Lipinski definition) is 2. The zero-order valence-electron chi connectivity index (χ0n) is 10.1. The Bertz CT molecular complexity index is 865. The zero-order valence-corrected chi connectivity index (χ0v) is 10.9.